The number of hydrogen-bond donors (Lipinski definition) is 5. The number of benzene rings is 1. The van der Waals surface area contributed by atoms with Crippen LogP contribution >= 0.6 is 0 Å². The third-order valence-corrected chi connectivity index (χ3v) is 4.42. The summed E-state index contributed by atoms with van der Waals surface area (Å²) in [5, 5.41) is 49.2. The summed E-state index contributed by atoms with van der Waals surface area (Å²) in [4.78, 5) is 24.7. The van der Waals surface area contributed by atoms with Crippen molar-refractivity contribution in [1.82, 2.24) is 0 Å². The van der Waals surface area contributed by atoms with E-state index in [-0.39, 0.29) is 5.56 Å². The number of carbonyl (C=O) groups excluding carboxylic acids is 2. The van der Waals surface area contributed by atoms with Crippen LogP contribution < -0.4 is 0 Å². The molecule has 10 heteroatoms. The molecule has 0 amide bonds. The number of carbonyl (C=O) groups is 2. The number of aliphatic hydroxyl groups is 3. The first-order valence-electron chi connectivity index (χ1n) is 7.97. The lowest BCUT2D eigenvalue weighted by Crippen LogP contribution is -2.59. The molecular weight excluding hydrogens is 364 g/mol. The van der Waals surface area contributed by atoms with E-state index in [1.165, 1.54) is 7.11 Å². The molecule has 0 aromatic heterocycles. The van der Waals surface area contributed by atoms with Crippen LogP contribution in [0.4, 0.5) is 0 Å². The van der Waals surface area contributed by atoms with Crippen molar-refractivity contribution in [2.24, 2.45) is 0 Å². The highest BCUT2D eigenvalue weighted by Crippen LogP contribution is 2.35. The number of phenolic OH excluding ortho intramolecular Hbond substituents is 2. The minimum Gasteiger partial charge on any atom is -0.507 e. The van der Waals surface area contributed by atoms with Gasteiger partial charge in [-0.05, 0) is 12.1 Å². The lowest BCUT2D eigenvalue weighted by molar-refractivity contribution is -0.294. The number of Topliss-reactive ketones (excluding diaryl/α,β-unsaturated/α-hetero) is 1. The summed E-state index contributed by atoms with van der Waals surface area (Å²) in [5.41, 5.74) is -0.730. The van der Waals surface area contributed by atoms with Crippen molar-refractivity contribution < 1.29 is 49.3 Å². The number of ketones is 2. The molecule has 1 fully saturated rings. The van der Waals surface area contributed by atoms with Gasteiger partial charge in [0.2, 0.25) is 5.78 Å². The summed E-state index contributed by atoms with van der Waals surface area (Å²) in [6, 6.07) is 2.15. The van der Waals surface area contributed by atoms with Gasteiger partial charge in [-0.1, -0.05) is 0 Å². The Bertz CT molecular complexity index is 799. The zero-order chi connectivity index (χ0) is 19.9. The van der Waals surface area contributed by atoms with Crippen molar-refractivity contribution in [1.29, 1.82) is 0 Å². The maximum absolute atomic E-state index is 12.5. The van der Waals surface area contributed by atoms with Gasteiger partial charge >= 0.3 is 0 Å². The first-order chi connectivity index (χ1) is 12.8. The van der Waals surface area contributed by atoms with Crippen LogP contribution in [0, 0.1) is 0 Å². The van der Waals surface area contributed by atoms with Gasteiger partial charge in [0, 0.05) is 13.2 Å². The maximum Gasteiger partial charge on any atom is 0.232 e. The fourth-order valence-corrected chi connectivity index (χ4v) is 2.97. The van der Waals surface area contributed by atoms with Crippen molar-refractivity contribution in [3.63, 3.8) is 0 Å². The van der Waals surface area contributed by atoms with E-state index < -0.39 is 71.7 Å². The van der Waals surface area contributed by atoms with Crippen LogP contribution in [0.1, 0.15) is 20.7 Å². The average Bonchev–Trinajstić information content (AvgIpc) is 2.64. The summed E-state index contributed by atoms with van der Waals surface area (Å²) in [5.74, 6) is -2.97. The van der Waals surface area contributed by atoms with Gasteiger partial charge in [0.05, 0.1) is 11.1 Å². The normalized spacial score (nSPS) is 30.7. The second-order valence-corrected chi connectivity index (χ2v) is 6.12. The molecule has 1 aliphatic carbocycles. The lowest BCUT2D eigenvalue weighted by atomic mass is 9.92. The number of ether oxygens (including phenoxy) is 3. The predicted octanol–water partition coefficient (Wildman–Crippen LogP) is -1.17. The first kappa shape index (κ1) is 19.3. The number of hydrogen-bond acceptors (Lipinski definition) is 10. The molecule has 1 aliphatic heterocycles. The van der Waals surface area contributed by atoms with Crippen LogP contribution in [-0.2, 0) is 14.2 Å². The van der Waals surface area contributed by atoms with E-state index in [0.717, 1.165) is 18.2 Å². The minimum absolute atomic E-state index is 0.334. The van der Waals surface area contributed by atoms with Crippen LogP contribution in [0.25, 0.3) is 0 Å². The molecule has 1 heterocycles. The topological polar surface area (TPSA) is 163 Å². The van der Waals surface area contributed by atoms with Gasteiger partial charge in [0.1, 0.15) is 42.5 Å². The summed E-state index contributed by atoms with van der Waals surface area (Å²) < 4.78 is 15.4. The Balaban J connectivity index is 1.78. The standard InChI is InChI=1S/C17H18O10/c1-25-17-16(24)15(23)14(22)10(27-17)5-26-9-4-8(20)11-6(18)2-3-7(19)12(11)13(9)21/h2-4,10,14-19,22-24H,5H2,1H3/t10-,14-,15+,16-,17+/m1/s1. The molecule has 1 aromatic rings. The smallest absolute Gasteiger partial charge is 0.232 e. The average molecular weight is 382 g/mol. The minimum atomic E-state index is -1.57. The van der Waals surface area contributed by atoms with Gasteiger partial charge < -0.3 is 39.7 Å². The fraction of sp³-hybridized carbons (Fsp3) is 0.412. The number of rotatable bonds is 4. The van der Waals surface area contributed by atoms with Crippen LogP contribution in [0.5, 0.6) is 11.5 Å². The Morgan fingerprint density at radius 2 is 1.63 bits per heavy atom. The molecule has 3 rings (SSSR count). The molecule has 1 aromatic carbocycles. The molecule has 0 spiro atoms. The number of aliphatic hydroxyl groups excluding tert-OH is 3. The molecule has 0 saturated carbocycles. The van der Waals surface area contributed by atoms with Crippen LogP contribution in [0.3, 0.4) is 0 Å². The molecule has 5 N–H and O–H groups in total. The summed E-state index contributed by atoms with van der Waals surface area (Å²) >= 11 is 0. The molecule has 0 bridgehead atoms. The highest BCUT2D eigenvalue weighted by atomic mass is 16.7. The monoisotopic (exact) mass is 382 g/mol. The molecule has 27 heavy (non-hydrogen) atoms. The second kappa shape index (κ2) is 7.25. The van der Waals surface area contributed by atoms with Crippen LogP contribution in [-0.4, -0.2) is 81.5 Å². The van der Waals surface area contributed by atoms with Gasteiger partial charge in [-0.2, -0.15) is 0 Å². The zero-order valence-electron chi connectivity index (χ0n) is 14.1. The Kier molecular flexibility index (Phi) is 5.18. The second-order valence-electron chi connectivity index (χ2n) is 6.12. The Labute approximate surface area is 152 Å². The number of methoxy groups -OCH3 is 1. The molecule has 2 aliphatic rings. The fourth-order valence-electron chi connectivity index (χ4n) is 2.97. The van der Waals surface area contributed by atoms with Gasteiger partial charge in [0.25, 0.3) is 0 Å². The molecule has 1 saturated heterocycles. The lowest BCUT2D eigenvalue weighted by Gasteiger charge is -2.39. The van der Waals surface area contributed by atoms with Gasteiger partial charge in [-0.3, -0.25) is 9.59 Å². The first-order valence-corrected chi connectivity index (χ1v) is 7.97. The predicted molar refractivity (Wildman–Crippen MR) is 86.2 cm³/mol. The van der Waals surface area contributed by atoms with E-state index in [1.807, 2.05) is 0 Å². The van der Waals surface area contributed by atoms with Gasteiger partial charge in [-0.25, -0.2) is 0 Å². The molecular formula is C17H18O10. The number of phenols is 2. The Morgan fingerprint density at radius 3 is 2.26 bits per heavy atom. The SMILES string of the molecule is CO[C@H]1O[C@H](COC2=CC(=O)c3c(O)ccc(O)c3C2=O)[C@@H](O)[C@H](O)[C@H]1O. The number of aromatic hydroxyl groups is 2. The molecule has 0 radical (unpaired) electrons. The van der Waals surface area contributed by atoms with Crippen molar-refractivity contribution in [2.75, 3.05) is 13.7 Å². The van der Waals surface area contributed by atoms with Gasteiger partial charge in [0.15, 0.2) is 17.8 Å². The Morgan fingerprint density at radius 1 is 1.00 bits per heavy atom. The van der Waals surface area contributed by atoms with E-state index in [2.05, 4.69) is 0 Å². The highest BCUT2D eigenvalue weighted by molar-refractivity contribution is 6.25. The number of allylic oxidation sites excluding steroid dienone is 2. The van der Waals surface area contributed by atoms with E-state index in [1.54, 1.807) is 0 Å². The molecule has 5 atom stereocenters. The van der Waals surface area contributed by atoms with Crippen molar-refractivity contribution in [2.45, 2.75) is 30.7 Å². The maximum atomic E-state index is 12.5. The van der Waals surface area contributed by atoms with E-state index >= 15 is 0 Å². The molecule has 146 valence electrons. The third kappa shape index (κ3) is 3.29. The van der Waals surface area contributed by atoms with E-state index in [0.29, 0.717) is 0 Å². The van der Waals surface area contributed by atoms with Crippen molar-refractivity contribution >= 4 is 11.6 Å². The largest absolute Gasteiger partial charge is 0.507 e. The summed E-state index contributed by atoms with van der Waals surface area (Å²) in [6.07, 6.45) is -6.14. The van der Waals surface area contributed by atoms with Crippen LogP contribution in [0.2, 0.25) is 0 Å². The molecule has 0 unspecified atom stereocenters. The zero-order valence-corrected chi connectivity index (χ0v) is 14.1. The summed E-state index contributed by atoms with van der Waals surface area (Å²) in [6.45, 7) is -0.454. The highest BCUT2D eigenvalue weighted by Gasteiger charge is 2.44. The van der Waals surface area contributed by atoms with Gasteiger partial charge in [-0.15, -0.1) is 0 Å². The molecule has 10 nitrogen and oxygen atoms in total. The third-order valence-electron chi connectivity index (χ3n) is 4.42. The quantitative estimate of drug-likeness (QED) is 0.401. The van der Waals surface area contributed by atoms with Crippen LogP contribution in [0.15, 0.2) is 24.0 Å². The van der Waals surface area contributed by atoms with Crippen molar-refractivity contribution in [3.8, 4) is 11.5 Å². The Hall–Kier alpha value is -2.50. The van der Waals surface area contributed by atoms with Crippen molar-refractivity contribution in [3.05, 3.63) is 35.1 Å². The number of fused-ring (bicyclic) bond motifs is 1. The van der Waals surface area contributed by atoms with E-state index in [9.17, 15) is 35.1 Å². The van der Waals surface area contributed by atoms with E-state index in [4.69, 9.17) is 14.2 Å². The summed E-state index contributed by atoms with van der Waals surface area (Å²) in [7, 11) is 1.23.